The van der Waals surface area contributed by atoms with Crippen molar-refractivity contribution in [2.24, 2.45) is 5.92 Å². The minimum absolute atomic E-state index is 0. The minimum atomic E-state index is -0.718. The zero-order valence-corrected chi connectivity index (χ0v) is 11.9. The maximum Gasteiger partial charge on any atom is 0.307 e. The predicted octanol–water partition coefficient (Wildman–Crippen LogP) is 3.32. The third kappa shape index (κ3) is 3.75. The van der Waals surface area contributed by atoms with Gasteiger partial charge >= 0.3 is 5.97 Å². The van der Waals surface area contributed by atoms with Gasteiger partial charge in [0.2, 0.25) is 0 Å². The second-order valence-corrected chi connectivity index (χ2v) is 5.14. The predicted molar refractivity (Wildman–Crippen MR) is 74.7 cm³/mol. The molecule has 6 heteroatoms. The van der Waals surface area contributed by atoms with Gasteiger partial charge in [-0.05, 0) is 36.7 Å². The highest BCUT2D eigenvalue weighted by molar-refractivity contribution is 6.33. The van der Waals surface area contributed by atoms with Crippen LogP contribution in [0.5, 0.6) is 0 Å². The first-order chi connectivity index (χ1) is 8.06. The van der Waals surface area contributed by atoms with E-state index in [1.807, 2.05) is 6.07 Å². The van der Waals surface area contributed by atoms with Gasteiger partial charge in [-0.3, -0.25) is 9.69 Å². The summed E-state index contributed by atoms with van der Waals surface area (Å²) in [5.41, 5.74) is 0.949. The van der Waals surface area contributed by atoms with E-state index < -0.39 is 5.97 Å². The van der Waals surface area contributed by atoms with Gasteiger partial charge in [-0.15, -0.1) is 12.4 Å². The minimum Gasteiger partial charge on any atom is -0.481 e. The van der Waals surface area contributed by atoms with Crippen LogP contribution in [0.1, 0.15) is 12.0 Å². The standard InChI is InChI=1S/C12H13Cl2NO2.ClH/c13-10-1-2-11(14)9(5-10)7-15-4-3-8(6-15)12(16)17;/h1-2,5,8H,3-4,6-7H2,(H,16,17);1H. The molecule has 1 N–H and O–H groups in total. The summed E-state index contributed by atoms with van der Waals surface area (Å²) in [7, 11) is 0. The SMILES string of the molecule is Cl.O=C(O)C1CCN(Cc2cc(Cl)ccc2Cl)C1. The summed E-state index contributed by atoms with van der Waals surface area (Å²) in [6.07, 6.45) is 0.702. The molecule has 1 aromatic rings. The van der Waals surface area contributed by atoms with Crippen LogP contribution in [-0.2, 0) is 11.3 Å². The van der Waals surface area contributed by atoms with Crippen molar-refractivity contribution in [3.8, 4) is 0 Å². The molecule has 3 nitrogen and oxygen atoms in total. The molecular formula is C12H14Cl3NO2. The number of rotatable bonds is 3. The number of carbonyl (C=O) groups is 1. The van der Waals surface area contributed by atoms with Crippen molar-refractivity contribution < 1.29 is 9.90 Å². The third-order valence-electron chi connectivity index (χ3n) is 3.02. The Balaban J connectivity index is 0.00000162. The van der Waals surface area contributed by atoms with E-state index in [0.717, 1.165) is 12.1 Å². The molecule has 1 fully saturated rings. The topological polar surface area (TPSA) is 40.5 Å². The second kappa shape index (κ2) is 6.62. The van der Waals surface area contributed by atoms with E-state index in [1.54, 1.807) is 12.1 Å². The molecular weight excluding hydrogens is 296 g/mol. The first kappa shape index (κ1) is 15.6. The zero-order chi connectivity index (χ0) is 12.4. The van der Waals surface area contributed by atoms with Gasteiger partial charge in [0.05, 0.1) is 5.92 Å². The second-order valence-electron chi connectivity index (χ2n) is 4.29. The number of carboxylic acids is 1. The van der Waals surface area contributed by atoms with Gasteiger partial charge in [0.1, 0.15) is 0 Å². The molecule has 1 saturated heterocycles. The monoisotopic (exact) mass is 309 g/mol. The summed E-state index contributed by atoms with van der Waals surface area (Å²) >= 11 is 12.0. The zero-order valence-electron chi connectivity index (χ0n) is 9.60. The van der Waals surface area contributed by atoms with Crippen molar-refractivity contribution in [3.05, 3.63) is 33.8 Å². The van der Waals surface area contributed by atoms with E-state index in [1.165, 1.54) is 0 Å². The highest BCUT2D eigenvalue weighted by atomic mass is 35.5. The van der Waals surface area contributed by atoms with Crippen molar-refractivity contribution in [2.75, 3.05) is 13.1 Å². The molecule has 2 rings (SSSR count). The molecule has 1 unspecified atom stereocenters. The Morgan fingerprint density at radius 1 is 1.44 bits per heavy atom. The van der Waals surface area contributed by atoms with Crippen LogP contribution in [0, 0.1) is 5.92 Å². The van der Waals surface area contributed by atoms with E-state index in [9.17, 15) is 4.79 Å². The van der Waals surface area contributed by atoms with Crippen molar-refractivity contribution in [1.82, 2.24) is 4.90 Å². The van der Waals surface area contributed by atoms with E-state index in [0.29, 0.717) is 29.6 Å². The van der Waals surface area contributed by atoms with E-state index in [-0.39, 0.29) is 18.3 Å². The average Bonchev–Trinajstić information content (AvgIpc) is 2.72. The van der Waals surface area contributed by atoms with Gasteiger partial charge in [0.15, 0.2) is 0 Å². The number of hydrogen-bond acceptors (Lipinski definition) is 2. The molecule has 1 heterocycles. The lowest BCUT2D eigenvalue weighted by molar-refractivity contribution is -0.141. The molecule has 0 saturated carbocycles. The molecule has 0 radical (unpaired) electrons. The van der Waals surface area contributed by atoms with Crippen molar-refractivity contribution in [1.29, 1.82) is 0 Å². The Bertz CT molecular complexity index is 439. The Morgan fingerprint density at radius 3 is 2.78 bits per heavy atom. The quantitative estimate of drug-likeness (QED) is 0.931. The van der Waals surface area contributed by atoms with Crippen molar-refractivity contribution in [3.63, 3.8) is 0 Å². The van der Waals surface area contributed by atoms with Crippen LogP contribution < -0.4 is 0 Å². The summed E-state index contributed by atoms with van der Waals surface area (Å²) in [6, 6.07) is 5.35. The smallest absolute Gasteiger partial charge is 0.307 e. The number of benzene rings is 1. The van der Waals surface area contributed by atoms with Crippen LogP contribution >= 0.6 is 35.6 Å². The largest absolute Gasteiger partial charge is 0.481 e. The summed E-state index contributed by atoms with van der Waals surface area (Å²) in [6.45, 7) is 2.03. The lowest BCUT2D eigenvalue weighted by Crippen LogP contribution is -2.22. The Hall–Kier alpha value is -0.480. The van der Waals surface area contributed by atoms with Crippen LogP contribution in [0.15, 0.2) is 18.2 Å². The first-order valence-corrected chi connectivity index (χ1v) is 6.21. The lowest BCUT2D eigenvalue weighted by Gasteiger charge is -2.16. The van der Waals surface area contributed by atoms with Gasteiger partial charge in [-0.1, -0.05) is 23.2 Å². The summed E-state index contributed by atoms with van der Waals surface area (Å²) in [5, 5.41) is 10.2. The molecule has 18 heavy (non-hydrogen) atoms. The summed E-state index contributed by atoms with van der Waals surface area (Å²) in [5.74, 6) is -0.974. The molecule has 0 spiro atoms. The Morgan fingerprint density at radius 2 is 2.17 bits per heavy atom. The van der Waals surface area contributed by atoms with E-state index in [4.69, 9.17) is 28.3 Å². The van der Waals surface area contributed by atoms with Crippen LogP contribution in [0.2, 0.25) is 10.0 Å². The maximum atomic E-state index is 10.8. The summed E-state index contributed by atoms with van der Waals surface area (Å²) < 4.78 is 0. The molecule has 0 aromatic heterocycles. The molecule has 1 aromatic carbocycles. The third-order valence-corrected chi connectivity index (χ3v) is 3.63. The number of nitrogens with zero attached hydrogens (tertiary/aromatic N) is 1. The van der Waals surface area contributed by atoms with Gasteiger partial charge < -0.3 is 5.11 Å². The summed E-state index contributed by atoms with van der Waals surface area (Å²) in [4.78, 5) is 12.9. The van der Waals surface area contributed by atoms with Gasteiger partial charge in [0, 0.05) is 23.1 Å². The molecule has 1 aliphatic rings. The Kier molecular flexibility index (Phi) is 5.73. The van der Waals surface area contributed by atoms with Gasteiger partial charge in [0.25, 0.3) is 0 Å². The Labute approximate surface area is 122 Å². The fourth-order valence-corrected chi connectivity index (χ4v) is 2.46. The maximum absolute atomic E-state index is 10.8. The van der Waals surface area contributed by atoms with Crippen molar-refractivity contribution in [2.45, 2.75) is 13.0 Å². The molecule has 0 bridgehead atoms. The van der Waals surface area contributed by atoms with Crippen LogP contribution in [0.25, 0.3) is 0 Å². The molecule has 0 aliphatic carbocycles. The molecule has 100 valence electrons. The van der Waals surface area contributed by atoms with Gasteiger partial charge in [-0.25, -0.2) is 0 Å². The van der Waals surface area contributed by atoms with E-state index in [2.05, 4.69) is 4.90 Å². The fourth-order valence-electron chi connectivity index (χ4n) is 2.08. The molecule has 0 amide bonds. The van der Waals surface area contributed by atoms with Crippen molar-refractivity contribution >= 4 is 41.6 Å². The number of halogens is 3. The molecule has 1 aliphatic heterocycles. The van der Waals surface area contributed by atoms with Crippen LogP contribution in [-0.4, -0.2) is 29.1 Å². The fraction of sp³-hybridized carbons (Fsp3) is 0.417. The van der Waals surface area contributed by atoms with E-state index >= 15 is 0 Å². The molecule has 1 atom stereocenters. The first-order valence-electron chi connectivity index (χ1n) is 5.45. The number of aliphatic carboxylic acids is 1. The van der Waals surface area contributed by atoms with Gasteiger partial charge in [-0.2, -0.15) is 0 Å². The number of hydrogen-bond donors (Lipinski definition) is 1. The van der Waals surface area contributed by atoms with Crippen LogP contribution in [0.4, 0.5) is 0 Å². The normalized spacial score (nSPS) is 19.6. The number of carboxylic acid groups (broad SMARTS) is 1. The highest BCUT2D eigenvalue weighted by Gasteiger charge is 2.28. The van der Waals surface area contributed by atoms with Crippen LogP contribution in [0.3, 0.4) is 0 Å². The number of likely N-dealkylation sites (tertiary alicyclic amines) is 1. The highest BCUT2D eigenvalue weighted by Crippen LogP contribution is 2.25. The average molecular weight is 311 g/mol. The lowest BCUT2D eigenvalue weighted by atomic mass is 10.1.